The van der Waals surface area contributed by atoms with E-state index in [0.29, 0.717) is 12.8 Å². The number of methoxy groups -OCH3 is 1. The van der Waals surface area contributed by atoms with Crippen LogP contribution in [-0.4, -0.2) is 82.2 Å². The molecule has 0 radical (unpaired) electrons. The van der Waals surface area contributed by atoms with Gasteiger partial charge in [-0.1, -0.05) is 71.6 Å². The van der Waals surface area contributed by atoms with Gasteiger partial charge in [0.05, 0.1) is 31.2 Å². The average Bonchev–Trinajstić information content (AvgIpc) is 2.83. The maximum absolute atomic E-state index is 12.8. The van der Waals surface area contributed by atoms with E-state index in [-0.39, 0.29) is 19.3 Å². The van der Waals surface area contributed by atoms with Crippen molar-refractivity contribution in [3.8, 4) is 0 Å². The van der Waals surface area contributed by atoms with Crippen molar-refractivity contribution < 1.29 is 44.2 Å². The largest absolute Gasteiger partial charge is 0.481 e. The van der Waals surface area contributed by atoms with Gasteiger partial charge >= 0.3 is 11.9 Å². The van der Waals surface area contributed by atoms with Crippen LogP contribution in [0.2, 0.25) is 0 Å². The van der Waals surface area contributed by atoms with Crippen molar-refractivity contribution in [3.05, 3.63) is 0 Å². The Morgan fingerprint density at radius 3 is 1.81 bits per heavy atom. The van der Waals surface area contributed by atoms with Crippen LogP contribution >= 0.6 is 0 Å². The minimum atomic E-state index is -1.42. The maximum Gasteiger partial charge on any atom is 0.308 e. The number of carbonyl (C=O) groups excluding carboxylic acids is 1. The highest BCUT2D eigenvalue weighted by atomic mass is 16.6. The van der Waals surface area contributed by atoms with Gasteiger partial charge in [0.15, 0.2) is 0 Å². The number of hydrogen-bond acceptors (Lipinski definition) is 8. The summed E-state index contributed by atoms with van der Waals surface area (Å²) >= 11 is 0. The van der Waals surface area contributed by atoms with Crippen LogP contribution < -0.4 is 0 Å². The first-order chi connectivity index (χ1) is 17.2. The molecule has 0 aromatic carbocycles. The molecule has 1 saturated carbocycles. The summed E-state index contributed by atoms with van der Waals surface area (Å²) < 4.78 is 16.9. The van der Waals surface area contributed by atoms with Gasteiger partial charge in [-0.15, -0.1) is 0 Å². The Hall–Kier alpha value is -1.26. The number of aliphatic hydroxyl groups is 3. The van der Waals surface area contributed by atoms with E-state index in [2.05, 4.69) is 13.8 Å². The molecule has 0 bridgehead atoms. The number of ether oxygens (including phenoxy) is 3. The van der Waals surface area contributed by atoms with Crippen molar-refractivity contribution >= 4 is 11.9 Å². The zero-order valence-electron chi connectivity index (χ0n) is 22.5. The van der Waals surface area contributed by atoms with Crippen LogP contribution in [-0.2, 0) is 23.8 Å². The average molecular weight is 519 g/mol. The molecule has 0 saturated heterocycles. The van der Waals surface area contributed by atoms with Gasteiger partial charge < -0.3 is 34.6 Å². The molecule has 1 aliphatic carbocycles. The molecule has 0 aromatic heterocycles. The van der Waals surface area contributed by atoms with Gasteiger partial charge in [0.1, 0.15) is 24.4 Å². The Kier molecular flexibility index (Phi) is 17.2. The van der Waals surface area contributed by atoms with E-state index in [9.17, 15) is 30.0 Å². The molecule has 212 valence electrons. The molecule has 9 heteroatoms. The van der Waals surface area contributed by atoms with Gasteiger partial charge in [0.2, 0.25) is 0 Å². The van der Waals surface area contributed by atoms with Crippen molar-refractivity contribution in [2.75, 3.05) is 7.11 Å². The second-order valence-electron chi connectivity index (χ2n) is 10.1. The predicted octanol–water partition coefficient (Wildman–Crippen LogP) is 3.74. The topological polar surface area (TPSA) is 143 Å². The normalized spacial score (nSPS) is 25.9. The summed E-state index contributed by atoms with van der Waals surface area (Å²) in [5.74, 6) is -1.53. The standard InChI is InChI=1S/C27H50O9/c1-4-6-8-10-12-14-19(16-23(28)29)36-24(30)17-20(15-13-11-9-7-5-2)35-22-18-21(34-3)25(31)27(33)26(22)32/h19-22,25-27,31-33H,4-18H2,1-3H3,(H,28,29)/t19?,20?,21-,22+,25-,26-,27+/m0/s1. The molecular formula is C27H50O9. The lowest BCUT2D eigenvalue weighted by Gasteiger charge is -2.40. The second-order valence-corrected chi connectivity index (χ2v) is 10.1. The molecule has 4 N–H and O–H groups in total. The van der Waals surface area contributed by atoms with Gasteiger partial charge in [-0.25, -0.2) is 0 Å². The van der Waals surface area contributed by atoms with Gasteiger partial charge in [-0.3, -0.25) is 9.59 Å². The lowest BCUT2D eigenvalue weighted by molar-refractivity contribution is -0.208. The van der Waals surface area contributed by atoms with Crippen LogP contribution in [0, 0.1) is 0 Å². The highest BCUT2D eigenvalue weighted by Crippen LogP contribution is 2.28. The van der Waals surface area contributed by atoms with Crippen molar-refractivity contribution in [3.63, 3.8) is 0 Å². The lowest BCUT2D eigenvalue weighted by Crippen LogP contribution is -2.57. The van der Waals surface area contributed by atoms with Crippen LogP contribution in [0.1, 0.15) is 110 Å². The van der Waals surface area contributed by atoms with E-state index in [1.54, 1.807) is 0 Å². The van der Waals surface area contributed by atoms with Crippen molar-refractivity contribution in [1.29, 1.82) is 0 Å². The number of aliphatic carboxylic acids is 1. The third-order valence-electron chi connectivity index (χ3n) is 6.95. The highest BCUT2D eigenvalue weighted by molar-refractivity contribution is 5.72. The minimum Gasteiger partial charge on any atom is -0.481 e. The Bertz CT molecular complexity index is 598. The molecule has 0 aromatic rings. The second kappa shape index (κ2) is 18.9. The van der Waals surface area contributed by atoms with Gasteiger partial charge in [-0.05, 0) is 19.3 Å². The fourth-order valence-corrected chi connectivity index (χ4v) is 4.76. The van der Waals surface area contributed by atoms with Crippen LogP contribution in [0.3, 0.4) is 0 Å². The molecule has 1 aliphatic rings. The Morgan fingerprint density at radius 1 is 0.750 bits per heavy atom. The molecular weight excluding hydrogens is 468 g/mol. The van der Waals surface area contributed by atoms with E-state index in [0.717, 1.165) is 64.2 Å². The molecule has 0 spiro atoms. The molecule has 2 unspecified atom stereocenters. The smallest absolute Gasteiger partial charge is 0.308 e. The summed E-state index contributed by atoms with van der Waals surface area (Å²) in [6.45, 7) is 4.26. The molecule has 0 amide bonds. The summed E-state index contributed by atoms with van der Waals surface area (Å²) in [6, 6.07) is 0. The van der Waals surface area contributed by atoms with Crippen molar-refractivity contribution in [2.24, 2.45) is 0 Å². The van der Waals surface area contributed by atoms with Crippen LogP contribution in [0.15, 0.2) is 0 Å². The molecule has 0 heterocycles. The third-order valence-corrected chi connectivity index (χ3v) is 6.95. The molecule has 7 atom stereocenters. The summed E-state index contributed by atoms with van der Waals surface area (Å²) in [5.41, 5.74) is 0. The fourth-order valence-electron chi connectivity index (χ4n) is 4.76. The Morgan fingerprint density at radius 2 is 1.28 bits per heavy atom. The molecule has 1 fully saturated rings. The summed E-state index contributed by atoms with van der Waals surface area (Å²) in [7, 11) is 1.42. The van der Waals surface area contributed by atoms with Crippen molar-refractivity contribution in [1.82, 2.24) is 0 Å². The quantitative estimate of drug-likeness (QED) is 0.140. The van der Waals surface area contributed by atoms with E-state index in [1.165, 1.54) is 7.11 Å². The zero-order valence-corrected chi connectivity index (χ0v) is 22.5. The van der Waals surface area contributed by atoms with Gasteiger partial charge in [0.25, 0.3) is 0 Å². The monoisotopic (exact) mass is 518 g/mol. The first-order valence-corrected chi connectivity index (χ1v) is 13.9. The number of hydrogen-bond donors (Lipinski definition) is 4. The summed E-state index contributed by atoms with van der Waals surface area (Å²) in [4.78, 5) is 24.1. The van der Waals surface area contributed by atoms with E-state index in [1.807, 2.05) is 0 Å². The minimum absolute atomic E-state index is 0.0702. The predicted molar refractivity (Wildman–Crippen MR) is 136 cm³/mol. The number of unbranched alkanes of at least 4 members (excludes halogenated alkanes) is 8. The van der Waals surface area contributed by atoms with Crippen LogP contribution in [0.25, 0.3) is 0 Å². The number of carboxylic acids is 1. The Balaban J connectivity index is 2.76. The number of carbonyl (C=O) groups is 2. The maximum atomic E-state index is 12.8. The fraction of sp³-hybridized carbons (Fsp3) is 0.926. The van der Waals surface area contributed by atoms with E-state index in [4.69, 9.17) is 14.2 Å². The van der Waals surface area contributed by atoms with Crippen LogP contribution in [0.5, 0.6) is 0 Å². The third kappa shape index (κ3) is 12.8. The number of aliphatic hydroxyl groups excluding tert-OH is 3. The SMILES string of the molecule is CCCCCCCC(CC(=O)O)OC(=O)CC(CCCCCCC)O[C@@H]1C[C@H](OC)[C@H](O)[C@@H](O)[C@H]1O. The van der Waals surface area contributed by atoms with E-state index >= 15 is 0 Å². The number of carboxylic acid groups (broad SMARTS) is 1. The summed E-state index contributed by atoms with van der Waals surface area (Å²) in [5, 5.41) is 40.0. The lowest BCUT2D eigenvalue weighted by atomic mass is 9.87. The Labute approximate surface area is 216 Å². The molecule has 36 heavy (non-hydrogen) atoms. The number of rotatable bonds is 20. The first-order valence-electron chi connectivity index (χ1n) is 13.9. The van der Waals surface area contributed by atoms with E-state index < -0.39 is 54.7 Å². The first kappa shape index (κ1) is 32.8. The van der Waals surface area contributed by atoms with Crippen molar-refractivity contribution in [2.45, 2.75) is 153 Å². The number of esters is 1. The van der Waals surface area contributed by atoms with Crippen LogP contribution in [0.4, 0.5) is 0 Å². The molecule has 1 rings (SSSR count). The highest BCUT2D eigenvalue weighted by Gasteiger charge is 2.44. The zero-order chi connectivity index (χ0) is 26.9. The molecule has 9 nitrogen and oxygen atoms in total. The molecule has 0 aliphatic heterocycles. The van der Waals surface area contributed by atoms with Gasteiger partial charge in [-0.2, -0.15) is 0 Å². The summed E-state index contributed by atoms with van der Waals surface area (Å²) in [6.07, 6.45) is 4.46. The van der Waals surface area contributed by atoms with Gasteiger partial charge in [0, 0.05) is 13.5 Å².